The number of nitro groups is 1. The first-order valence-corrected chi connectivity index (χ1v) is 11.1. The van der Waals surface area contributed by atoms with Crippen molar-refractivity contribution in [2.24, 2.45) is 5.10 Å². The van der Waals surface area contributed by atoms with Gasteiger partial charge < -0.3 is 9.84 Å². The number of methoxy groups -OCH3 is 1. The number of aryl methyl sites for hydroxylation is 2. The normalized spacial score (nSPS) is 11.4. The molecule has 0 atom stereocenters. The Balaban J connectivity index is 1.87. The van der Waals surface area contributed by atoms with Crippen LogP contribution in [0.2, 0.25) is 0 Å². The van der Waals surface area contributed by atoms with Crippen molar-refractivity contribution in [1.82, 2.24) is 0 Å². The highest BCUT2D eigenvalue weighted by Gasteiger charge is 2.22. The van der Waals surface area contributed by atoms with Gasteiger partial charge in [-0.1, -0.05) is 23.8 Å². The fourth-order valence-corrected chi connectivity index (χ4v) is 4.19. The van der Waals surface area contributed by atoms with Gasteiger partial charge in [0, 0.05) is 11.6 Å². The van der Waals surface area contributed by atoms with E-state index >= 15 is 0 Å². The molecule has 10 nitrogen and oxygen atoms in total. The second-order valence-electron chi connectivity index (χ2n) is 7.13. The Morgan fingerprint density at radius 3 is 2.48 bits per heavy atom. The average molecular weight is 471 g/mol. The third-order valence-electron chi connectivity index (χ3n) is 4.74. The summed E-state index contributed by atoms with van der Waals surface area (Å²) in [5, 5.41) is 25.6. The summed E-state index contributed by atoms with van der Waals surface area (Å²) in [4.78, 5) is 10.6. The standard InChI is InChI=1S/C22H22N4O6S/c1-14-7-9-18(15(2)11-14)25-33(30,31)17-8-10-19(20(12-17)26(28)29)24-23-13-16-5-4-6-21(32-3)22(16)27/h4-13,24-25,27H,1-3H3/b23-13+. The van der Waals surface area contributed by atoms with Gasteiger partial charge in [0.15, 0.2) is 11.5 Å². The maximum Gasteiger partial charge on any atom is 0.295 e. The Morgan fingerprint density at radius 2 is 1.82 bits per heavy atom. The maximum atomic E-state index is 12.8. The summed E-state index contributed by atoms with van der Waals surface area (Å²) in [5.74, 6) is 0.106. The van der Waals surface area contributed by atoms with Gasteiger partial charge in [-0.15, -0.1) is 0 Å². The van der Waals surface area contributed by atoms with Gasteiger partial charge >= 0.3 is 0 Å². The number of sulfonamides is 1. The number of phenolic OH excluding ortho intramolecular Hbond substituents is 1. The highest BCUT2D eigenvalue weighted by molar-refractivity contribution is 7.92. The molecule has 0 heterocycles. The second-order valence-corrected chi connectivity index (χ2v) is 8.81. The molecule has 0 amide bonds. The van der Waals surface area contributed by atoms with Crippen molar-refractivity contribution in [1.29, 1.82) is 0 Å². The van der Waals surface area contributed by atoms with Gasteiger partial charge in [0.1, 0.15) is 5.69 Å². The van der Waals surface area contributed by atoms with Gasteiger partial charge in [-0.25, -0.2) is 8.42 Å². The Morgan fingerprint density at radius 1 is 1.09 bits per heavy atom. The fourth-order valence-electron chi connectivity index (χ4n) is 3.04. The smallest absolute Gasteiger partial charge is 0.295 e. The Hall–Kier alpha value is -4.12. The predicted octanol–water partition coefficient (Wildman–Crippen LogP) is 4.17. The number of benzene rings is 3. The van der Waals surface area contributed by atoms with Crippen LogP contribution in [0.4, 0.5) is 17.1 Å². The van der Waals surface area contributed by atoms with E-state index in [-0.39, 0.29) is 22.1 Å². The zero-order valence-electron chi connectivity index (χ0n) is 18.1. The van der Waals surface area contributed by atoms with Crippen molar-refractivity contribution < 1.29 is 23.2 Å². The van der Waals surface area contributed by atoms with Crippen molar-refractivity contribution in [2.75, 3.05) is 17.3 Å². The topological polar surface area (TPSA) is 143 Å². The summed E-state index contributed by atoms with van der Waals surface area (Å²) in [5.41, 5.74) is 4.41. The van der Waals surface area contributed by atoms with Crippen molar-refractivity contribution >= 4 is 33.3 Å². The molecule has 0 unspecified atom stereocenters. The molecule has 33 heavy (non-hydrogen) atoms. The monoisotopic (exact) mass is 470 g/mol. The van der Waals surface area contributed by atoms with Gasteiger partial charge in [0.05, 0.1) is 28.8 Å². The molecule has 0 fully saturated rings. The van der Waals surface area contributed by atoms with E-state index in [1.54, 1.807) is 37.3 Å². The number of aromatic hydroxyl groups is 1. The molecule has 3 rings (SSSR count). The third kappa shape index (κ3) is 5.39. The largest absolute Gasteiger partial charge is 0.504 e. The predicted molar refractivity (Wildman–Crippen MR) is 126 cm³/mol. The number of nitrogens with zero attached hydrogens (tertiary/aromatic N) is 2. The zero-order chi connectivity index (χ0) is 24.2. The van der Waals surface area contributed by atoms with Crippen LogP contribution in [0, 0.1) is 24.0 Å². The molecule has 3 N–H and O–H groups in total. The summed E-state index contributed by atoms with van der Waals surface area (Å²) in [6.45, 7) is 3.65. The maximum absolute atomic E-state index is 12.8. The van der Waals surface area contributed by atoms with Crippen molar-refractivity contribution in [2.45, 2.75) is 18.7 Å². The number of nitro benzene ring substituents is 1. The molecule has 0 bridgehead atoms. The SMILES string of the molecule is COc1cccc(/C=N/Nc2ccc(S(=O)(=O)Nc3ccc(C)cc3C)cc2[N+](=O)[O-])c1O. The fraction of sp³-hybridized carbons (Fsp3) is 0.136. The molecule has 0 aliphatic rings. The number of nitrogens with one attached hydrogen (secondary N) is 2. The van der Waals surface area contributed by atoms with Crippen LogP contribution in [0.1, 0.15) is 16.7 Å². The van der Waals surface area contributed by atoms with E-state index in [9.17, 15) is 23.6 Å². The molecule has 11 heteroatoms. The molecular weight excluding hydrogens is 448 g/mol. The van der Waals surface area contributed by atoms with E-state index in [0.717, 1.165) is 17.2 Å². The Labute approximate surface area is 190 Å². The van der Waals surface area contributed by atoms with Gasteiger partial charge in [-0.05, 0) is 49.7 Å². The summed E-state index contributed by atoms with van der Waals surface area (Å²) in [6, 6.07) is 13.4. The lowest BCUT2D eigenvalue weighted by molar-refractivity contribution is -0.384. The first-order valence-electron chi connectivity index (χ1n) is 9.66. The van der Waals surface area contributed by atoms with Crippen LogP contribution in [-0.4, -0.2) is 31.8 Å². The average Bonchev–Trinajstić information content (AvgIpc) is 2.76. The molecule has 3 aromatic carbocycles. The van der Waals surface area contributed by atoms with Crippen LogP contribution in [0.25, 0.3) is 0 Å². The van der Waals surface area contributed by atoms with Crippen LogP contribution in [-0.2, 0) is 10.0 Å². The van der Waals surface area contributed by atoms with Gasteiger partial charge in [-0.3, -0.25) is 20.3 Å². The number of phenols is 1. The van der Waals surface area contributed by atoms with Crippen LogP contribution in [0.15, 0.2) is 64.6 Å². The lowest BCUT2D eigenvalue weighted by Crippen LogP contribution is -2.14. The lowest BCUT2D eigenvalue weighted by atomic mass is 10.1. The summed E-state index contributed by atoms with van der Waals surface area (Å²) < 4.78 is 33.1. The van der Waals surface area contributed by atoms with Crippen LogP contribution >= 0.6 is 0 Å². The molecule has 0 aromatic heterocycles. The number of hydrazone groups is 1. The van der Waals surface area contributed by atoms with E-state index in [1.807, 2.05) is 13.0 Å². The number of hydrogen-bond acceptors (Lipinski definition) is 8. The van der Waals surface area contributed by atoms with Gasteiger partial charge in [0.2, 0.25) is 0 Å². The minimum absolute atomic E-state index is 0.0240. The molecule has 0 aliphatic carbocycles. The van der Waals surface area contributed by atoms with Crippen molar-refractivity contribution in [3.8, 4) is 11.5 Å². The van der Waals surface area contributed by atoms with Crippen LogP contribution < -0.4 is 14.9 Å². The first-order chi connectivity index (χ1) is 15.6. The molecular formula is C22H22N4O6S. The van der Waals surface area contributed by atoms with E-state index in [4.69, 9.17) is 4.74 Å². The van der Waals surface area contributed by atoms with E-state index < -0.39 is 20.6 Å². The lowest BCUT2D eigenvalue weighted by Gasteiger charge is -2.12. The number of para-hydroxylation sites is 1. The van der Waals surface area contributed by atoms with E-state index in [1.165, 1.54) is 25.5 Å². The molecule has 172 valence electrons. The number of anilines is 2. The quantitative estimate of drug-likeness (QED) is 0.255. The third-order valence-corrected chi connectivity index (χ3v) is 6.10. The summed E-state index contributed by atoms with van der Waals surface area (Å²) in [7, 11) is -2.66. The molecule has 0 radical (unpaired) electrons. The van der Waals surface area contributed by atoms with Crippen molar-refractivity contribution in [3.05, 3.63) is 81.4 Å². The molecule has 3 aromatic rings. The summed E-state index contributed by atoms with van der Waals surface area (Å²) >= 11 is 0. The number of hydrogen-bond donors (Lipinski definition) is 3. The van der Waals surface area contributed by atoms with Crippen LogP contribution in [0.3, 0.4) is 0 Å². The number of rotatable bonds is 8. The van der Waals surface area contributed by atoms with Gasteiger partial charge in [0.25, 0.3) is 15.7 Å². The molecule has 0 saturated heterocycles. The van der Waals surface area contributed by atoms with Crippen LogP contribution in [0.5, 0.6) is 11.5 Å². The minimum Gasteiger partial charge on any atom is -0.504 e. The highest BCUT2D eigenvalue weighted by atomic mass is 32.2. The Kier molecular flexibility index (Phi) is 6.83. The Bertz CT molecular complexity index is 1340. The van der Waals surface area contributed by atoms with Gasteiger partial charge in [-0.2, -0.15) is 5.10 Å². The molecule has 0 spiro atoms. The second kappa shape index (κ2) is 9.57. The molecule has 0 aliphatic heterocycles. The summed E-state index contributed by atoms with van der Waals surface area (Å²) in [6.07, 6.45) is 1.26. The minimum atomic E-state index is -4.07. The van der Waals surface area contributed by atoms with E-state index in [0.29, 0.717) is 11.3 Å². The van der Waals surface area contributed by atoms with Crippen molar-refractivity contribution in [3.63, 3.8) is 0 Å². The first kappa shape index (κ1) is 23.5. The number of ether oxygens (including phenoxy) is 1. The zero-order valence-corrected chi connectivity index (χ0v) is 18.9. The van der Waals surface area contributed by atoms with E-state index in [2.05, 4.69) is 15.2 Å². The highest BCUT2D eigenvalue weighted by Crippen LogP contribution is 2.30. The molecule has 0 saturated carbocycles.